The van der Waals surface area contributed by atoms with Crippen LogP contribution in [0.5, 0.6) is 0 Å². The van der Waals surface area contributed by atoms with Gasteiger partial charge in [-0.05, 0) is 30.9 Å². The number of aromatic nitrogens is 2. The molecule has 1 amide bonds. The summed E-state index contributed by atoms with van der Waals surface area (Å²) in [5.41, 5.74) is 3.22. The zero-order chi connectivity index (χ0) is 17.8. The van der Waals surface area contributed by atoms with Crippen LogP contribution in [0.3, 0.4) is 0 Å². The van der Waals surface area contributed by atoms with E-state index in [0.29, 0.717) is 11.5 Å². The molecule has 0 bridgehead atoms. The first-order chi connectivity index (χ1) is 12.1. The number of nitrogens with zero attached hydrogens (tertiary/aromatic N) is 4. The topological polar surface area (TPSA) is 49.3 Å². The van der Waals surface area contributed by atoms with Crippen LogP contribution in [0.25, 0.3) is 0 Å². The van der Waals surface area contributed by atoms with E-state index < -0.39 is 0 Å². The van der Waals surface area contributed by atoms with Crippen LogP contribution in [0, 0.1) is 6.92 Å². The molecule has 3 rings (SSSR count). The lowest BCUT2D eigenvalue weighted by molar-refractivity contribution is 0.0787. The summed E-state index contributed by atoms with van der Waals surface area (Å²) in [5, 5.41) is 0. The van der Waals surface area contributed by atoms with Gasteiger partial charge in [0.05, 0.1) is 0 Å². The third-order valence-corrected chi connectivity index (χ3v) is 4.69. The van der Waals surface area contributed by atoms with Gasteiger partial charge in [-0.2, -0.15) is 0 Å². The van der Waals surface area contributed by atoms with Crippen molar-refractivity contribution in [2.45, 2.75) is 39.7 Å². The molecule has 2 heterocycles. The van der Waals surface area contributed by atoms with E-state index in [1.807, 2.05) is 20.0 Å². The summed E-state index contributed by atoms with van der Waals surface area (Å²) in [6, 6.07) is 10.4. The molecule has 0 fully saturated rings. The second-order valence-corrected chi connectivity index (χ2v) is 6.68. The van der Waals surface area contributed by atoms with E-state index in [9.17, 15) is 4.79 Å². The van der Waals surface area contributed by atoms with Crippen molar-refractivity contribution in [3.8, 4) is 0 Å². The quantitative estimate of drug-likeness (QED) is 0.840. The van der Waals surface area contributed by atoms with Crippen molar-refractivity contribution in [1.29, 1.82) is 0 Å². The molecular formula is C20H26N4O. The molecule has 1 aromatic heterocycles. The van der Waals surface area contributed by atoms with Crippen molar-refractivity contribution in [2.24, 2.45) is 0 Å². The van der Waals surface area contributed by atoms with Crippen LogP contribution >= 0.6 is 0 Å². The number of rotatable bonds is 5. The van der Waals surface area contributed by atoms with E-state index in [1.165, 1.54) is 11.1 Å². The first-order valence-electron chi connectivity index (χ1n) is 9.01. The highest BCUT2D eigenvalue weighted by Crippen LogP contribution is 2.23. The minimum atomic E-state index is -0.0300. The summed E-state index contributed by atoms with van der Waals surface area (Å²) in [4.78, 5) is 25.6. The Bertz CT molecular complexity index is 759. The zero-order valence-electron chi connectivity index (χ0n) is 15.3. The summed E-state index contributed by atoms with van der Waals surface area (Å²) in [6.45, 7) is 6.47. The number of hydrogen-bond donors (Lipinski definition) is 0. The number of unbranched alkanes of at least 4 members (excludes halogenated alkanes) is 1. The maximum Gasteiger partial charge on any atom is 0.272 e. The van der Waals surface area contributed by atoms with Gasteiger partial charge >= 0.3 is 0 Å². The van der Waals surface area contributed by atoms with Crippen LogP contribution < -0.4 is 4.90 Å². The fourth-order valence-electron chi connectivity index (χ4n) is 3.21. The van der Waals surface area contributed by atoms with Gasteiger partial charge in [-0.15, -0.1) is 0 Å². The maximum absolute atomic E-state index is 12.7. The lowest BCUT2D eigenvalue weighted by Crippen LogP contribution is -2.32. The van der Waals surface area contributed by atoms with Crippen LogP contribution in [0.1, 0.15) is 47.2 Å². The smallest absolute Gasteiger partial charge is 0.272 e. The second-order valence-electron chi connectivity index (χ2n) is 6.68. The molecule has 1 aliphatic heterocycles. The molecule has 0 aliphatic carbocycles. The summed E-state index contributed by atoms with van der Waals surface area (Å²) in [7, 11) is 1.84. The molecule has 5 nitrogen and oxygen atoms in total. The van der Waals surface area contributed by atoms with E-state index in [-0.39, 0.29) is 5.91 Å². The van der Waals surface area contributed by atoms with Crippen molar-refractivity contribution in [3.05, 3.63) is 53.0 Å². The lowest BCUT2D eigenvalue weighted by Gasteiger charge is -2.30. The van der Waals surface area contributed by atoms with Crippen molar-refractivity contribution in [2.75, 3.05) is 25.0 Å². The maximum atomic E-state index is 12.7. The van der Waals surface area contributed by atoms with Crippen LogP contribution in [0.15, 0.2) is 30.3 Å². The molecule has 132 valence electrons. The van der Waals surface area contributed by atoms with Gasteiger partial charge in [0.1, 0.15) is 17.3 Å². The largest absolute Gasteiger partial charge is 0.352 e. The first kappa shape index (κ1) is 17.4. The number of aryl methyl sites for hydroxylation is 1. The fraction of sp³-hybridized carbons (Fsp3) is 0.450. The Morgan fingerprint density at radius 2 is 2.00 bits per heavy atom. The van der Waals surface area contributed by atoms with Gasteiger partial charge in [-0.25, -0.2) is 9.97 Å². The third-order valence-electron chi connectivity index (χ3n) is 4.69. The minimum Gasteiger partial charge on any atom is -0.352 e. The van der Waals surface area contributed by atoms with E-state index in [4.69, 9.17) is 0 Å². The molecule has 25 heavy (non-hydrogen) atoms. The number of carbonyl (C=O) groups is 1. The molecule has 1 aromatic carbocycles. The van der Waals surface area contributed by atoms with E-state index >= 15 is 0 Å². The molecule has 2 aromatic rings. The molecule has 5 heteroatoms. The van der Waals surface area contributed by atoms with Gasteiger partial charge in [-0.1, -0.05) is 37.6 Å². The summed E-state index contributed by atoms with van der Waals surface area (Å²) < 4.78 is 0. The Morgan fingerprint density at radius 3 is 2.76 bits per heavy atom. The SMILES string of the molecule is CCCCN(C)C(=O)c1cc(N2CCc3ccccc3C2)nc(C)n1. The lowest BCUT2D eigenvalue weighted by atomic mass is 10.00. The van der Waals surface area contributed by atoms with Crippen molar-refractivity contribution in [1.82, 2.24) is 14.9 Å². The number of anilines is 1. The van der Waals surface area contributed by atoms with Gasteiger partial charge in [0, 0.05) is 32.7 Å². The predicted octanol–water partition coefficient (Wildman–Crippen LogP) is 3.22. The highest BCUT2D eigenvalue weighted by atomic mass is 16.2. The predicted molar refractivity (Wildman–Crippen MR) is 99.8 cm³/mol. The summed E-state index contributed by atoms with van der Waals surface area (Å²) in [6.07, 6.45) is 3.07. The summed E-state index contributed by atoms with van der Waals surface area (Å²) in [5.74, 6) is 1.45. The number of benzene rings is 1. The van der Waals surface area contributed by atoms with Crippen molar-refractivity contribution in [3.63, 3.8) is 0 Å². The first-order valence-corrected chi connectivity index (χ1v) is 9.01. The Kier molecular flexibility index (Phi) is 5.31. The Labute approximate surface area is 149 Å². The minimum absolute atomic E-state index is 0.0300. The van der Waals surface area contributed by atoms with Crippen LogP contribution in [0.2, 0.25) is 0 Å². The molecule has 0 atom stereocenters. The highest BCUT2D eigenvalue weighted by molar-refractivity contribution is 5.92. The fourth-order valence-corrected chi connectivity index (χ4v) is 3.21. The van der Waals surface area contributed by atoms with Gasteiger partial charge in [-0.3, -0.25) is 4.79 Å². The van der Waals surface area contributed by atoms with E-state index in [2.05, 4.69) is 46.1 Å². The van der Waals surface area contributed by atoms with Gasteiger partial charge in [0.25, 0.3) is 5.91 Å². The number of carbonyl (C=O) groups excluding carboxylic acids is 1. The average Bonchev–Trinajstić information content (AvgIpc) is 2.64. The van der Waals surface area contributed by atoms with Crippen LogP contribution in [0.4, 0.5) is 5.82 Å². The number of hydrogen-bond acceptors (Lipinski definition) is 4. The Balaban J connectivity index is 1.82. The average molecular weight is 338 g/mol. The molecule has 0 unspecified atom stereocenters. The molecule has 0 saturated heterocycles. The van der Waals surface area contributed by atoms with Gasteiger partial charge < -0.3 is 9.80 Å². The third kappa shape index (κ3) is 3.98. The Hall–Kier alpha value is -2.43. The standard InChI is InChI=1S/C20H26N4O/c1-4-5-11-23(3)20(25)18-13-19(22-15(2)21-18)24-12-10-16-8-6-7-9-17(16)14-24/h6-9,13H,4-5,10-12,14H2,1-3H3. The molecular weight excluding hydrogens is 312 g/mol. The normalized spacial score (nSPS) is 13.5. The van der Waals surface area contributed by atoms with Crippen molar-refractivity contribution >= 4 is 11.7 Å². The van der Waals surface area contributed by atoms with Gasteiger partial charge in [0.2, 0.25) is 0 Å². The highest BCUT2D eigenvalue weighted by Gasteiger charge is 2.20. The van der Waals surface area contributed by atoms with Crippen LogP contribution in [-0.4, -0.2) is 40.9 Å². The molecule has 0 radical (unpaired) electrons. The monoisotopic (exact) mass is 338 g/mol. The molecule has 0 saturated carbocycles. The zero-order valence-corrected chi connectivity index (χ0v) is 15.3. The number of fused-ring (bicyclic) bond motifs is 1. The van der Waals surface area contributed by atoms with Crippen LogP contribution in [-0.2, 0) is 13.0 Å². The Morgan fingerprint density at radius 1 is 1.24 bits per heavy atom. The van der Waals surface area contributed by atoms with E-state index in [1.54, 1.807) is 4.90 Å². The molecule has 0 N–H and O–H groups in total. The van der Waals surface area contributed by atoms with Gasteiger partial charge in [0.15, 0.2) is 0 Å². The van der Waals surface area contributed by atoms with Crippen molar-refractivity contribution < 1.29 is 4.79 Å². The van der Waals surface area contributed by atoms with E-state index in [0.717, 1.165) is 44.7 Å². The molecule has 1 aliphatic rings. The molecule has 0 spiro atoms. The number of amides is 1. The second kappa shape index (κ2) is 7.64. The summed E-state index contributed by atoms with van der Waals surface area (Å²) >= 11 is 0.